The van der Waals surface area contributed by atoms with Crippen LogP contribution in [0, 0.1) is 0 Å². The molecule has 162 valence electrons. The lowest BCUT2D eigenvalue weighted by Crippen LogP contribution is -2.49. The monoisotopic (exact) mass is 442 g/mol. The Kier molecular flexibility index (Phi) is 5.79. The highest BCUT2D eigenvalue weighted by Gasteiger charge is 2.30. The first-order chi connectivity index (χ1) is 15.6. The van der Waals surface area contributed by atoms with Crippen molar-refractivity contribution in [3.8, 4) is 11.1 Å². The van der Waals surface area contributed by atoms with E-state index in [0.29, 0.717) is 11.4 Å². The van der Waals surface area contributed by atoms with Crippen LogP contribution in [-0.2, 0) is 10.0 Å². The molecule has 2 atom stereocenters. The first kappa shape index (κ1) is 20.9. The molecular formula is C27H26N2O2S. The average molecular weight is 443 g/mol. The smallest absolute Gasteiger partial charge is 0.240 e. The van der Waals surface area contributed by atoms with Gasteiger partial charge in [-0.25, -0.2) is 13.1 Å². The molecular weight excluding hydrogens is 416 g/mol. The van der Waals surface area contributed by atoms with Gasteiger partial charge in [-0.2, -0.15) is 0 Å². The molecule has 0 amide bonds. The van der Waals surface area contributed by atoms with E-state index in [4.69, 9.17) is 0 Å². The van der Waals surface area contributed by atoms with Gasteiger partial charge in [-0.3, -0.25) is 0 Å². The second-order valence-electron chi connectivity index (χ2n) is 8.32. The average Bonchev–Trinajstić information content (AvgIpc) is 2.84. The van der Waals surface area contributed by atoms with Gasteiger partial charge < -0.3 is 5.32 Å². The Hall–Kier alpha value is -2.99. The molecule has 0 bridgehead atoms. The molecule has 2 N–H and O–H groups in total. The van der Waals surface area contributed by atoms with E-state index >= 15 is 0 Å². The van der Waals surface area contributed by atoms with Crippen LogP contribution in [0.5, 0.6) is 0 Å². The van der Waals surface area contributed by atoms with E-state index in [1.54, 1.807) is 12.1 Å². The molecule has 0 spiro atoms. The predicted molar refractivity (Wildman–Crippen MR) is 130 cm³/mol. The predicted octanol–water partition coefficient (Wildman–Crippen LogP) is 4.93. The minimum Gasteiger partial charge on any atom is -0.315 e. The van der Waals surface area contributed by atoms with Crippen molar-refractivity contribution in [2.24, 2.45) is 0 Å². The third kappa shape index (κ3) is 4.32. The molecule has 0 aromatic heterocycles. The van der Waals surface area contributed by atoms with Gasteiger partial charge in [0.25, 0.3) is 0 Å². The summed E-state index contributed by atoms with van der Waals surface area (Å²) in [5.41, 5.74) is 3.51. The van der Waals surface area contributed by atoms with Crippen LogP contribution < -0.4 is 10.0 Å². The third-order valence-corrected chi connectivity index (χ3v) is 7.75. The number of benzene rings is 4. The summed E-state index contributed by atoms with van der Waals surface area (Å²) in [6, 6.07) is 31.7. The summed E-state index contributed by atoms with van der Waals surface area (Å²) in [5, 5.41) is 5.30. The zero-order chi connectivity index (χ0) is 22.0. The Balaban J connectivity index is 1.39. The molecule has 4 aromatic rings. The van der Waals surface area contributed by atoms with Gasteiger partial charge >= 0.3 is 0 Å². The number of piperidine rings is 1. The number of nitrogens with one attached hydrogen (secondary N) is 2. The fourth-order valence-corrected chi connectivity index (χ4v) is 5.85. The van der Waals surface area contributed by atoms with E-state index in [2.05, 4.69) is 46.4 Å². The van der Waals surface area contributed by atoms with Gasteiger partial charge in [0, 0.05) is 18.5 Å². The van der Waals surface area contributed by atoms with Crippen LogP contribution in [0.1, 0.15) is 17.9 Å². The highest BCUT2D eigenvalue weighted by atomic mass is 32.2. The zero-order valence-electron chi connectivity index (χ0n) is 17.7. The molecule has 0 radical (unpaired) electrons. The highest BCUT2D eigenvalue weighted by Crippen LogP contribution is 2.29. The number of sulfonamides is 1. The standard InChI is InChI=1S/C27H26N2O2S/c30-32(31,25-15-14-21-8-4-5-9-24(21)18-25)29-27-19-28-17-16-26(27)23-12-10-22(11-13-23)20-6-2-1-3-7-20/h1-15,18,26-29H,16-17,19H2/t26-,27+/m1/s1. The van der Waals surface area contributed by atoms with Crippen LogP contribution in [0.15, 0.2) is 102 Å². The molecule has 1 fully saturated rings. The second-order valence-corrected chi connectivity index (χ2v) is 10.0. The third-order valence-electron chi connectivity index (χ3n) is 6.27. The molecule has 4 aromatic carbocycles. The van der Waals surface area contributed by atoms with E-state index in [-0.39, 0.29) is 12.0 Å². The Morgan fingerprint density at radius 1 is 0.750 bits per heavy atom. The summed E-state index contributed by atoms with van der Waals surface area (Å²) in [6.45, 7) is 1.48. The second kappa shape index (κ2) is 8.87. The molecule has 4 nitrogen and oxygen atoms in total. The molecule has 5 heteroatoms. The molecule has 0 aliphatic carbocycles. The molecule has 1 saturated heterocycles. The van der Waals surface area contributed by atoms with Crippen molar-refractivity contribution in [3.63, 3.8) is 0 Å². The van der Waals surface area contributed by atoms with E-state index in [1.807, 2.05) is 48.5 Å². The lowest BCUT2D eigenvalue weighted by molar-refractivity contribution is 0.378. The Morgan fingerprint density at radius 2 is 1.44 bits per heavy atom. The van der Waals surface area contributed by atoms with Crippen molar-refractivity contribution < 1.29 is 8.42 Å². The van der Waals surface area contributed by atoms with Gasteiger partial charge in [-0.1, -0.05) is 84.9 Å². The van der Waals surface area contributed by atoms with Gasteiger partial charge in [0.05, 0.1) is 4.90 Å². The van der Waals surface area contributed by atoms with E-state index < -0.39 is 10.0 Å². The Labute approximate surface area is 189 Å². The van der Waals surface area contributed by atoms with Gasteiger partial charge in [0.1, 0.15) is 0 Å². The number of fused-ring (bicyclic) bond motifs is 1. The van der Waals surface area contributed by atoms with Crippen LogP contribution in [0.3, 0.4) is 0 Å². The fourth-order valence-electron chi connectivity index (χ4n) is 4.54. The normalized spacial score (nSPS) is 19.1. The highest BCUT2D eigenvalue weighted by molar-refractivity contribution is 7.89. The van der Waals surface area contributed by atoms with Crippen LogP contribution in [0.4, 0.5) is 0 Å². The fraction of sp³-hybridized carbons (Fsp3) is 0.185. The molecule has 1 heterocycles. The van der Waals surface area contributed by atoms with Crippen LogP contribution in [0.2, 0.25) is 0 Å². The van der Waals surface area contributed by atoms with Crippen molar-refractivity contribution in [3.05, 3.63) is 103 Å². The zero-order valence-corrected chi connectivity index (χ0v) is 18.6. The summed E-state index contributed by atoms with van der Waals surface area (Å²) in [4.78, 5) is 0.306. The first-order valence-electron chi connectivity index (χ1n) is 11.0. The minimum absolute atomic E-state index is 0.122. The quantitative estimate of drug-likeness (QED) is 0.461. The van der Waals surface area contributed by atoms with Crippen LogP contribution in [0.25, 0.3) is 21.9 Å². The molecule has 1 aliphatic rings. The van der Waals surface area contributed by atoms with Gasteiger partial charge in [-0.05, 0) is 52.6 Å². The summed E-state index contributed by atoms with van der Waals surface area (Å²) >= 11 is 0. The number of rotatable bonds is 5. The lowest BCUT2D eigenvalue weighted by Gasteiger charge is -2.33. The van der Waals surface area contributed by atoms with Crippen LogP contribution in [-0.4, -0.2) is 27.5 Å². The topological polar surface area (TPSA) is 58.2 Å². The molecule has 32 heavy (non-hydrogen) atoms. The minimum atomic E-state index is -3.63. The summed E-state index contributed by atoms with van der Waals surface area (Å²) in [7, 11) is -3.63. The maximum absolute atomic E-state index is 13.2. The Bertz CT molecular complexity index is 1320. The molecule has 0 saturated carbocycles. The summed E-state index contributed by atoms with van der Waals surface area (Å²) in [6.07, 6.45) is 0.885. The van der Waals surface area contributed by atoms with Crippen molar-refractivity contribution >= 4 is 20.8 Å². The summed E-state index contributed by atoms with van der Waals surface area (Å²) < 4.78 is 29.4. The number of hydrogen-bond donors (Lipinski definition) is 2. The Morgan fingerprint density at radius 3 is 2.22 bits per heavy atom. The van der Waals surface area contributed by atoms with Crippen molar-refractivity contribution in [2.75, 3.05) is 13.1 Å². The maximum atomic E-state index is 13.2. The van der Waals surface area contributed by atoms with E-state index in [1.165, 1.54) is 5.56 Å². The van der Waals surface area contributed by atoms with Crippen molar-refractivity contribution in [2.45, 2.75) is 23.3 Å². The first-order valence-corrected chi connectivity index (χ1v) is 12.5. The van der Waals surface area contributed by atoms with E-state index in [0.717, 1.165) is 34.9 Å². The number of hydrogen-bond acceptors (Lipinski definition) is 3. The van der Waals surface area contributed by atoms with Gasteiger partial charge in [-0.15, -0.1) is 0 Å². The van der Waals surface area contributed by atoms with E-state index in [9.17, 15) is 8.42 Å². The van der Waals surface area contributed by atoms with Gasteiger partial charge in [0.2, 0.25) is 10.0 Å². The molecule has 0 unspecified atom stereocenters. The lowest BCUT2D eigenvalue weighted by atomic mass is 9.86. The largest absolute Gasteiger partial charge is 0.315 e. The van der Waals surface area contributed by atoms with Crippen molar-refractivity contribution in [1.82, 2.24) is 10.0 Å². The molecule has 5 rings (SSSR count). The maximum Gasteiger partial charge on any atom is 0.240 e. The van der Waals surface area contributed by atoms with Gasteiger partial charge in [0.15, 0.2) is 0 Å². The molecule has 1 aliphatic heterocycles. The SMILES string of the molecule is O=S(=O)(N[C@H]1CNCC[C@@H]1c1ccc(-c2ccccc2)cc1)c1ccc2ccccc2c1. The van der Waals surface area contributed by atoms with Crippen molar-refractivity contribution in [1.29, 1.82) is 0 Å². The van der Waals surface area contributed by atoms with Crippen LogP contribution >= 0.6 is 0 Å². The summed E-state index contributed by atoms with van der Waals surface area (Å²) in [5.74, 6) is 0.122.